The van der Waals surface area contributed by atoms with Gasteiger partial charge in [0, 0.05) is 12.6 Å². The molecule has 1 aliphatic rings. The number of piperidine rings is 1. The van der Waals surface area contributed by atoms with Crippen LogP contribution in [0.1, 0.15) is 29.5 Å². The van der Waals surface area contributed by atoms with E-state index in [1.807, 2.05) is 6.92 Å². The summed E-state index contributed by atoms with van der Waals surface area (Å²) in [4.78, 5) is 12.4. The topological polar surface area (TPSA) is 71.8 Å². The Morgan fingerprint density at radius 1 is 1.33 bits per heavy atom. The number of benzene rings is 1. The summed E-state index contributed by atoms with van der Waals surface area (Å²) in [5, 5.41) is 12.4. The molecule has 2 heterocycles. The third-order valence-corrected chi connectivity index (χ3v) is 4.38. The Bertz CT molecular complexity index is 810. The molecule has 27 heavy (non-hydrogen) atoms. The van der Waals surface area contributed by atoms with E-state index in [-0.39, 0.29) is 24.4 Å². The lowest BCUT2D eigenvalue weighted by Crippen LogP contribution is -2.50. The van der Waals surface area contributed by atoms with E-state index >= 15 is 0 Å². The van der Waals surface area contributed by atoms with Crippen molar-refractivity contribution in [3.63, 3.8) is 0 Å². The number of hydrogen-bond donors (Lipinski definition) is 2. The SMILES string of the molecule is CC1CCNCC1NC(=O)c1nnn(-c2ccccc2F)c1C(F)(F)F.Cl. The summed E-state index contributed by atoms with van der Waals surface area (Å²) in [6.07, 6.45) is -4.14. The van der Waals surface area contributed by atoms with Gasteiger partial charge < -0.3 is 10.6 Å². The Kier molecular flexibility index (Phi) is 6.42. The molecule has 3 rings (SSSR count). The number of carbonyl (C=O) groups excluding carboxylic acids is 1. The summed E-state index contributed by atoms with van der Waals surface area (Å²) in [6.45, 7) is 3.15. The molecule has 2 unspecified atom stereocenters. The first kappa shape index (κ1) is 21.1. The first-order valence-corrected chi connectivity index (χ1v) is 8.08. The van der Waals surface area contributed by atoms with Crippen LogP contribution in [0.5, 0.6) is 0 Å². The lowest BCUT2D eigenvalue weighted by atomic mass is 9.94. The minimum Gasteiger partial charge on any atom is -0.346 e. The van der Waals surface area contributed by atoms with Crippen LogP contribution < -0.4 is 10.6 Å². The number of halogens is 5. The second-order valence-corrected chi connectivity index (χ2v) is 6.20. The molecule has 0 saturated carbocycles. The van der Waals surface area contributed by atoms with Gasteiger partial charge in [0.2, 0.25) is 0 Å². The van der Waals surface area contributed by atoms with Crippen LogP contribution in [0.15, 0.2) is 24.3 Å². The number of alkyl halides is 3. The van der Waals surface area contributed by atoms with E-state index in [1.165, 1.54) is 12.1 Å². The van der Waals surface area contributed by atoms with Crippen LogP contribution in [0.25, 0.3) is 5.69 Å². The van der Waals surface area contributed by atoms with E-state index in [2.05, 4.69) is 20.9 Å². The van der Waals surface area contributed by atoms with Gasteiger partial charge in [0.1, 0.15) is 11.5 Å². The van der Waals surface area contributed by atoms with E-state index < -0.39 is 35.0 Å². The Balaban J connectivity index is 0.00000261. The largest absolute Gasteiger partial charge is 0.435 e. The highest BCUT2D eigenvalue weighted by Crippen LogP contribution is 2.33. The van der Waals surface area contributed by atoms with Crippen molar-refractivity contribution in [3.8, 4) is 5.69 Å². The van der Waals surface area contributed by atoms with E-state index in [4.69, 9.17) is 0 Å². The predicted octanol–water partition coefficient (Wildman–Crippen LogP) is 2.57. The first-order chi connectivity index (χ1) is 12.3. The van der Waals surface area contributed by atoms with Crippen molar-refractivity contribution < 1.29 is 22.4 Å². The van der Waals surface area contributed by atoms with E-state index in [9.17, 15) is 22.4 Å². The monoisotopic (exact) mass is 407 g/mol. The van der Waals surface area contributed by atoms with Crippen LogP contribution in [-0.4, -0.2) is 40.0 Å². The average molecular weight is 408 g/mol. The van der Waals surface area contributed by atoms with Gasteiger partial charge in [-0.1, -0.05) is 24.3 Å². The van der Waals surface area contributed by atoms with Crippen molar-refractivity contribution in [1.82, 2.24) is 25.6 Å². The maximum absolute atomic E-state index is 13.9. The predicted molar refractivity (Wildman–Crippen MR) is 91.5 cm³/mol. The van der Waals surface area contributed by atoms with Gasteiger partial charge in [0.25, 0.3) is 5.91 Å². The van der Waals surface area contributed by atoms with Crippen molar-refractivity contribution >= 4 is 18.3 Å². The molecule has 148 valence electrons. The highest BCUT2D eigenvalue weighted by atomic mass is 35.5. The molecule has 0 radical (unpaired) electrons. The fraction of sp³-hybridized carbons (Fsp3) is 0.438. The third-order valence-electron chi connectivity index (χ3n) is 4.38. The standard InChI is InChI=1S/C16H17F4N5O.ClH/c1-9-6-7-21-8-11(9)22-15(26)13-14(16(18,19)20)25(24-23-13)12-5-3-2-4-10(12)17;/h2-5,9,11,21H,6-8H2,1H3,(H,22,26);1H. The number of nitrogens with one attached hydrogen (secondary N) is 2. The quantitative estimate of drug-likeness (QED) is 0.767. The number of hydrogen-bond acceptors (Lipinski definition) is 4. The molecule has 1 fully saturated rings. The van der Waals surface area contributed by atoms with Gasteiger partial charge in [-0.25, -0.2) is 9.07 Å². The molecule has 1 aromatic heterocycles. The molecule has 1 aliphatic heterocycles. The lowest BCUT2D eigenvalue weighted by Gasteiger charge is -2.30. The van der Waals surface area contributed by atoms with Gasteiger partial charge in [0.05, 0.1) is 0 Å². The zero-order chi connectivity index (χ0) is 18.9. The molecule has 1 saturated heterocycles. The van der Waals surface area contributed by atoms with E-state index in [0.29, 0.717) is 11.2 Å². The molecule has 6 nitrogen and oxygen atoms in total. The molecule has 2 atom stereocenters. The average Bonchev–Trinajstić information content (AvgIpc) is 3.02. The Morgan fingerprint density at radius 2 is 2.04 bits per heavy atom. The maximum atomic E-state index is 13.9. The van der Waals surface area contributed by atoms with Crippen molar-refractivity contribution in [1.29, 1.82) is 0 Å². The zero-order valence-electron chi connectivity index (χ0n) is 14.3. The number of aromatic nitrogens is 3. The van der Waals surface area contributed by atoms with Gasteiger partial charge in [-0.3, -0.25) is 4.79 Å². The minimum atomic E-state index is -4.94. The summed E-state index contributed by atoms with van der Waals surface area (Å²) < 4.78 is 54.9. The van der Waals surface area contributed by atoms with Crippen molar-refractivity contribution in [2.75, 3.05) is 13.1 Å². The lowest BCUT2D eigenvalue weighted by molar-refractivity contribution is -0.143. The van der Waals surface area contributed by atoms with Crippen molar-refractivity contribution in [3.05, 3.63) is 41.5 Å². The highest BCUT2D eigenvalue weighted by Gasteiger charge is 2.42. The zero-order valence-corrected chi connectivity index (χ0v) is 15.1. The molecule has 1 amide bonds. The Labute approximate surface area is 158 Å². The molecular weight excluding hydrogens is 390 g/mol. The van der Waals surface area contributed by atoms with Gasteiger partial charge in [0.15, 0.2) is 11.4 Å². The highest BCUT2D eigenvalue weighted by molar-refractivity contribution is 5.93. The number of para-hydroxylation sites is 1. The molecule has 0 aliphatic carbocycles. The fourth-order valence-electron chi connectivity index (χ4n) is 2.90. The molecule has 0 bridgehead atoms. The number of rotatable bonds is 3. The number of amides is 1. The summed E-state index contributed by atoms with van der Waals surface area (Å²) in [6, 6.07) is 4.53. The fourth-order valence-corrected chi connectivity index (χ4v) is 2.90. The van der Waals surface area contributed by atoms with Crippen LogP contribution >= 0.6 is 12.4 Å². The van der Waals surface area contributed by atoms with Crippen LogP contribution in [0.4, 0.5) is 17.6 Å². The summed E-state index contributed by atoms with van der Waals surface area (Å²) in [5.41, 5.74) is -2.71. The Morgan fingerprint density at radius 3 is 2.67 bits per heavy atom. The number of carbonyl (C=O) groups is 1. The summed E-state index contributed by atoms with van der Waals surface area (Å²) >= 11 is 0. The van der Waals surface area contributed by atoms with Gasteiger partial charge in [-0.15, -0.1) is 17.5 Å². The molecule has 2 aromatic rings. The second-order valence-electron chi connectivity index (χ2n) is 6.20. The molecule has 0 spiro atoms. The summed E-state index contributed by atoms with van der Waals surface area (Å²) in [7, 11) is 0. The first-order valence-electron chi connectivity index (χ1n) is 8.08. The third kappa shape index (κ3) is 4.38. The smallest absolute Gasteiger partial charge is 0.346 e. The molecule has 11 heteroatoms. The Hall–Kier alpha value is -2.20. The minimum absolute atomic E-state index is 0. The molecule has 2 N–H and O–H groups in total. The summed E-state index contributed by atoms with van der Waals surface area (Å²) in [5.74, 6) is -1.78. The van der Waals surface area contributed by atoms with Crippen molar-refractivity contribution in [2.24, 2.45) is 5.92 Å². The maximum Gasteiger partial charge on any atom is 0.435 e. The van der Waals surface area contributed by atoms with Crippen molar-refractivity contribution in [2.45, 2.75) is 25.6 Å². The van der Waals surface area contributed by atoms with E-state index in [0.717, 1.165) is 25.1 Å². The molecular formula is C16H18ClF4N5O. The molecule has 1 aromatic carbocycles. The van der Waals surface area contributed by atoms with Crippen LogP contribution in [0.3, 0.4) is 0 Å². The van der Waals surface area contributed by atoms with Crippen LogP contribution in [-0.2, 0) is 6.18 Å². The van der Waals surface area contributed by atoms with Crippen LogP contribution in [0.2, 0.25) is 0 Å². The normalized spacial score (nSPS) is 20.0. The van der Waals surface area contributed by atoms with Gasteiger partial charge >= 0.3 is 6.18 Å². The second kappa shape index (κ2) is 8.22. The van der Waals surface area contributed by atoms with Gasteiger partial charge in [-0.05, 0) is 31.0 Å². The van der Waals surface area contributed by atoms with Crippen LogP contribution in [0, 0.1) is 11.7 Å². The van der Waals surface area contributed by atoms with E-state index in [1.54, 1.807) is 0 Å². The van der Waals surface area contributed by atoms with Gasteiger partial charge in [-0.2, -0.15) is 13.2 Å². The number of nitrogens with zero attached hydrogens (tertiary/aromatic N) is 3.